The molecule has 6 nitrogen and oxygen atoms in total. The lowest BCUT2D eigenvalue weighted by Gasteiger charge is -2.18. The van der Waals surface area contributed by atoms with E-state index in [1.807, 2.05) is 0 Å². The number of ether oxygens (including phenoxy) is 3. The Morgan fingerprint density at radius 3 is 0.775 bits per heavy atom. The topological polar surface area (TPSA) is 78.9 Å². The fraction of sp³-hybridized carbons (Fsp3) is 0.770. The van der Waals surface area contributed by atoms with E-state index in [4.69, 9.17) is 14.2 Å². The zero-order chi connectivity index (χ0) is 57.8. The van der Waals surface area contributed by atoms with E-state index in [-0.39, 0.29) is 31.1 Å². The first kappa shape index (κ1) is 76.6. The molecule has 0 amide bonds. The molecule has 6 heteroatoms. The van der Waals surface area contributed by atoms with Crippen LogP contribution in [0.2, 0.25) is 0 Å². The SMILES string of the molecule is CC/C=C\C/C=C\C/C=C\C/C=C\CCCCCCC(=O)OC(COC(=O)CCCCC/C=C\C/C=C\C/C=C\CC)COC(=O)CCCCCCCCCCCCCCCCCCCCCCCCCCCCCCCCCC. The standard InChI is InChI=1S/C74H130O6/c1-4-7-10-13-16-19-22-25-27-29-30-31-32-33-34-35-36-37-38-39-40-41-42-43-45-46-49-52-55-58-61-64-67-73(76)79-70-71(69-78-72(75)66-63-60-57-54-51-48-24-21-18-15-12-9-6-3)80-74(77)68-65-62-59-56-53-50-47-44-28-26-23-20-17-14-11-8-5-2/h8-9,11-12,17-18,20-21,26,28,47-48,50-51,71H,4-7,10,13-16,19,22-25,27,29-46,49,52-70H2,1-3H3/b11-8-,12-9-,20-17-,21-18-,28-26-,50-47-,51-48-. The Kier molecular flexibility index (Phi) is 65.2. The predicted molar refractivity (Wildman–Crippen MR) is 348 cm³/mol. The van der Waals surface area contributed by atoms with Crippen molar-refractivity contribution in [2.75, 3.05) is 13.2 Å². The summed E-state index contributed by atoms with van der Waals surface area (Å²) in [4.78, 5) is 38.3. The molecule has 1 unspecified atom stereocenters. The molecule has 0 aliphatic carbocycles. The number of allylic oxidation sites excluding steroid dienone is 14. The number of esters is 3. The summed E-state index contributed by atoms with van der Waals surface area (Å²) < 4.78 is 16.9. The molecule has 0 radical (unpaired) electrons. The highest BCUT2D eigenvalue weighted by Crippen LogP contribution is 2.18. The molecule has 0 aromatic rings. The van der Waals surface area contributed by atoms with Gasteiger partial charge >= 0.3 is 17.9 Å². The maximum absolute atomic E-state index is 12.9. The second-order valence-corrected chi connectivity index (χ2v) is 23.0. The zero-order valence-electron chi connectivity index (χ0n) is 53.1. The van der Waals surface area contributed by atoms with E-state index in [9.17, 15) is 14.4 Å². The highest BCUT2D eigenvalue weighted by Gasteiger charge is 2.19. The van der Waals surface area contributed by atoms with Crippen molar-refractivity contribution in [1.29, 1.82) is 0 Å². The van der Waals surface area contributed by atoms with Crippen LogP contribution < -0.4 is 0 Å². The summed E-state index contributed by atoms with van der Waals surface area (Å²) in [6.45, 7) is 6.41. The molecular weight excluding hydrogens is 985 g/mol. The van der Waals surface area contributed by atoms with E-state index in [2.05, 4.69) is 106 Å². The molecule has 0 saturated carbocycles. The van der Waals surface area contributed by atoms with E-state index in [1.165, 1.54) is 186 Å². The van der Waals surface area contributed by atoms with E-state index >= 15 is 0 Å². The Labute approximate surface area is 496 Å². The van der Waals surface area contributed by atoms with Gasteiger partial charge in [0.1, 0.15) is 13.2 Å². The van der Waals surface area contributed by atoms with E-state index in [1.54, 1.807) is 0 Å². The van der Waals surface area contributed by atoms with Gasteiger partial charge in [0.25, 0.3) is 0 Å². The Balaban J connectivity index is 4.17. The third kappa shape index (κ3) is 65.4. The van der Waals surface area contributed by atoms with Crippen LogP contribution in [0.5, 0.6) is 0 Å². The van der Waals surface area contributed by atoms with Crippen molar-refractivity contribution in [3.8, 4) is 0 Å². The summed E-state index contributed by atoms with van der Waals surface area (Å²) in [6.07, 6.45) is 90.7. The van der Waals surface area contributed by atoms with Gasteiger partial charge in [0, 0.05) is 19.3 Å². The van der Waals surface area contributed by atoms with Crippen molar-refractivity contribution in [1.82, 2.24) is 0 Å². The molecule has 0 rings (SSSR count). The molecule has 462 valence electrons. The molecule has 0 saturated heterocycles. The molecule has 1 atom stereocenters. The van der Waals surface area contributed by atoms with Crippen molar-refractivity contribution in [2.24, 2.45) is 0 Å². The quantitative estimate of drug-likeness (QED) is 0.0261. The smallest absolute Gasteiger partial charge is 0.306 e. The molecule has 0 bridgehead atoms. The summed E-state index contributed by atoms with van der Waals surface area (Å²) in [5.41, 5.74) is 0. The Morgan fingerprint density at radius 2 is 0.487 bits per heavy atom. The van der Waals surface area contributed by atoms with E-state index < -0.39 is 6.10 Å². The fourth-order valence-electron chi connectivity index (χ4n) is 10.0. The highest BCUT2D eigenvalue weighted by molar-refractivity contribution is 5.71. The Bertz CT molecular complexity index is 1520. The monoisotopic (exact) mass is 1110 g/mol. The summed E-state index contributed by atoms with van der Waals surface area (Å²) >= 11 is 0. The van der Waals surface area contributed by atoms with Crippen molar-refractivity contribution in [3.05, 3.63) is 85.1 Å². The summed E-state index contributed by atoms with van der Waals surface area (Å²) in [7, 11) is 0. The highest BCUT2D eigenvalue weighted by atomic mass is 16.6. The van der Waals surface area contributed by atoms with Crippen LogP contribution in [0.3, 0.4) is 0 Å². The molecule has 0 aliphatic heterocycles. The van der Waals surface area contributed by atoms with Gasteiger partial charge in [0.2, 0.25) is 0 Å². The van der Waals surface area contributed by atoms with Gasteiger partial charge in [-0.05, 0) is 89.9 Å². The number of rotatable bonds is 63. The van der Waals surface area contributed by atoms with Crippen LogP contribution in [0.15, 0.2) is 85.1 Å². The number of hydrogen-bond donors (Lipinski definition) is 0. The molecule has 80 heavy (non-hydrogen) atoms. The third-order valence-corrected chi connectivity index (χ3v) is 15.1. The van der Waals surface area contributed by atoms with Crippen LogP contribution in [0.4, 0.5) is 0 Å². The van der Waals surface area contributed by atoms with Crippen molar-refractivity contribution >= 4 is 17.9 Å². The van der Waals surface area contributed by atoms with Crippen molar-refractivity contribution in [2.45, 2.75) is 354 Å². The lowest BCUT2D eigenvalue weighted by atomic mass is 10.0. The molecule has 0 aliphatic rings. The summed E-state index contributed by atoms with van der Waals surface area (Å²) in [6, 6.07) is 0. The van der Waals surface area contributed by atoms with E-state index in [0.29, 0.717) is 19.3 Å². The second-order valence-electron chi connectivity index (χ2n) is 23.0. The van der Waals surface area contributed by atoms with Gasteiger partial charge in [0.05, 0.1) is 0 Å². The maximum Gasteiger partial charge on any atom is 0.306 e. The maximum atomic E-state index is 12.9. The van der Waals surface area contributed by atoms with Crippen LogP contribution >= 0.6 is 0 Å². The third-order valence-electron chi connectivity index (χ3n) is 15.1. The summed E-state index contributed by atoms with van der Waals surface area (Å²) in [5.74, 6) is -0.936. The Morgan fingerprint density at radius 1 is 0.263 bits per heavy atom. The van der Waals surface area contributed by atoms with Gasteiger partial charge < -0.3 is 14.2 Å². The molecule has 0 spiro atoms. The predicted octanol–water partition coefficient (Wildman–Crippen LogP) is 23.8. The van der Waals surface area contributed by atoms with Gasteiger partial charge in [-0.1, -0.05) is 324 Å². The molecule has 0 aromatic carbocycles. The van der Waals surface area contributed by atoms with Gasteiger partial charge in [-0.3, -0.25) is 14.4 Å². The molecule has 0 N–H and O–H groups in total. The Hall–Kier alpha value is -3.41. The van der Waals surface area contributed by atoms with Crippen molar-refractivity contribution in [3.63, 3.8) is 0 Å². The lowest BCUT2D eigenvalue weighted by molar-refractivity contribution is -0.167. The summed E-state index contributed by atoms with van der Waals surface area (Å²) in [5, 5.41) is 0. The number of hydrogen-bond acceptors (Lipinski definition) is 6. The van der Waals surface area contributed by atoms with Gasteiger partial charge in [-0.2, -0.15) is 0 Å². The lowest BCUT2D eigenvalue weighted by Crippen LogP contribution is -2.30. The molecule has 0 fully saturated rings. The average molecular weight is 1120 g/mol. The first-order valence-corrected chi connectivity index (χ1v) is 34.6. The second kappa shape index (κ2) is 68.1. The van der Waals surface area contributed by atoms with Crippen LogP contribution in [0.1, 0.15) is 348 Å². The minimum absolute atomic E-state index is 0.0939. The minimum Gasteiger partial charge on any atom is -0.462 e. The van der Waals surface area contributed by atoms with Crippen molar-refractivity contribution < 1.29 is 28.6 Å². The minimum atomic E-state index is -0.802. The fourth-order valence-corrected chi connectivity index (χ4v) is 10.0. The zero-order valence-corrected chi connectivity index (χ0v) is 53.1. The largest absolute Gasteiger partial charge is 0.462 e. The van der Waals surface area contributed by atoms with Gasteiger partial charge in [-0.15, -0.1) is 0 Å². The molecule has 0 aromatic heterocycles. The average Bonchev–Trinajstić information content (AvgIpc) is 3.46. The van der Waals surface area contributed by atoms with Gasteiger partial charge in [0.15, 0.2) is 6.10 Å². The number of unbranched alkanes of at least 4 members (excludes halogenated alkanes) is 38. The normalized spacial score (nSPS) is 12.6. The van der Waals surface area contributed by atoms with Crippen LogP contribution in [-0.2, 0) is 28.6 Å². The molecule has 0 heterocycles. The van der Waals surface area contributed by atoms with E-state index in [0.717, 1.165) is 122 Å². The van der Waals surface area contributed by atoms with Crippen LogP contribution in [0, 0.1) is 0 Å². The van der Waals surface area contributed by atoms with Crippen LogP contribution in [0.25, 0.3) is 0 Å². The van der Waals surface area contributed by atoms with Gasteiger partial charge in [-0.25, -0.2) is 0 Å². The number of carbonyl (C=O) groups excluding carboxylic acids is 3. The first-order valence-electron chi connectivity index (χ1n) is 34.6. The number of carbonyl (C=O) groups is 3. The first-order chi connectivity index (χ1) is 39.5. The molecular formula is C74H130O6. The van der Waals surface area contributed by atoms with Crippen LogP contribution in [-0.4, -0.2) is 37.2 Å².